The predicted molar refractivity (Wildman–Crippen MR) is 152 cm³/mol. The Balaban J connectivity index is 0.000000530. The van der Waals surface area contributed by atoms with Gasteiger partial charge in [0.05, 0.1) is 0 Å². The molecule has 0 unspecified atom stereocenters. The van der Waals surface area contributed by atoms with Gasteiger partial charge in [0.2, 0.25) is 0 Å². The van der Waals surface area contributed by atoms with Gasteiger partial charge >= 0.3 is 64.1 Å². The van der Waals surface area contributed by atoms with Crippen molar-refractivity contribution in [1.29, 1.82) is 0 Å². The fourth-order valence-corrected chi connectivity index (χ4v) is 4.54. The second-order valence-electron chi connectivity index (χ2n) is 8.78. The van der Waals surface area contributed by atoms with E-state index in [-0.39, 0.29) is 51.0 Å². The third kappa shape index (κ3) is 10.3. The minimum Gasteiger partial charge on any atom is -0.126 e. The van der Waals surface area contributed by atoms with Crippen LogP contribution in [-0.2, 0) is 47.1 Å². The van der Waals surface area contributed by atoms with Gasteiger partial charge in [-0.15, -0.1) is 46.2 Å². The number of allylic oxidation sites excluding steroid dienone is 12. The molecule has 0 bridgehead atoms. The Hall–Kier alpha value is -0.324. The van der Waals surface area contributed by atoms with Crippen LogP contribution >= 0.6 is 17.0 Å². The van der Waals surface area contributed by atoms with Crippen molar-refractivity contribution in [2.45, 2.75) is 47.0 Å². The second kappa shape index (κ2) is 19.7. The molecule has 0 aliphatic heterocycles. The summed E-state index contributed by atoms with van der Waals surface area (Å²) in [6, 6.07) is 19.3. The van der Waals surface area contributed by atoms with E-state index in [1.807, 2.05) is 12.2 Å². The van der Waals surface area contributed by atoms with Crippen LogP contribution in [0.1, 0.15) is 47.0 Å². The molecule has 0 aromatic heterocycles. The maximum atomic E-state index is 4.93. The SMILES string of the molecule is CC1=CCC(C2=C(C)C(C)=CC2)=C1C.[C-]1=CC=CC1.[Cl-].[Cl-].[Cl][Zr][Cl].[Zr+3].c1ccc2c(c1)[cH-]c1ccccc12. The number of fused-ring (bicyclic) bond motifs is 3. The van der Waals surface area contributed by atoms with Crippen LogP contribution in [-0.4, -0.2) is 0 Å². The van der Waals surface area contributed by atoms with Gasteiger partial charge in [-0.25, -0.2) is 12.2 Å². The Labute approximate surface area is 279 Å². The summed E-state index contributed by atoms with van der Waals surface area (Å²) >= 11 is -0.826. The average molecular weight is 741 g/mol. The van der Waals surface area contributed by atoms with Crippen LogP contribution in [0.25, 0.3) is 21.5 Å². The summed E-state index contributed by atoms with van der Waals surface area (Å²) in [5.74, 6) is 0. The number of halogens is 4. The van der Waals surface area contributed by atoms with Gasteiger partial charge in [0, 0.05) is 0 Å². The van der Waals surface area contributed by atoms with E-state index in [9.17, 15) is 0 Å². The van der Waals surface area contributed by atoms with Gasteiger partial charge < -0.3 is 24.8 Å². The molecule has 197 valence electrons. The van der Waals surface area contributed by atoms with Crippen molar-refractivity contribution in [3.8, 4) is 0 Å². The zero-order chi connectivity index (χ0) is 25.2. The zero-order valence-corrected chi connectivity index (χ0v) is 30.2. The normalized spacial score (nSPS) is 14.6. The van der Waals surface area contributed by atoms with Crippen molar-refractivity contribution in [3.63, 3.8) is 0 Å². The fourth-order valence-electron chi connectivity index (χ4n) is 4.54. The molecule has 0 nitrogen and oxygen atoms in total. The topological polar surface area (TPSA) is 0 Å². The molecule has 0 atom stereocenters. The Morgan fingerprint density at radius 3 is 1.45 bits per heavy atom. The quantitative estimate of drug-likeness (QED) is 0.318. The first-order chi connectivity index (χ1) is 17.0. The second-order valence-corrected chi connectivity index (χ2v) is 12.5. The van der Waals surface area contributed by atoms with Gasteiger partial charge in [-0.1, -0.05) is 59.7 Å². The molecule has 0 saturated carbocycles. The van der Waals surface area contributed by atoms with Crippen molar-refractivity contribution >= 4 is 38.6 Å². The van der Waals surface area contributed by atoms with E-state index in [4.69, 9.17) is 17.0 Å². The molecule has 0 fully saturated rings. The van der Waals surface area contributed by atoms with Gasteiger partial charge in [0.1, 0.15) is 0 Å². The Morgan fingerprint density at radius 2 is 1.16 bits per heavy atom. The van der Waals surface area contributed by atoms with Crippen LogP contribution in [0, 0.1) is 6.08 Å². The summed E-state index contributed by atoms with van der Waals surface area (Å²) in [4.78, 5) is 0. The average Bonchev–Trinajstić information content (AvgIpc) is 3.67. The van der Waals surface area contributed by atoms with Crippen LogP contribution in [0.5, 0.6) is 0 Å². The molecular weight excluding hydrogens is 709 g/mol. The first kappa shape index (κ1) is 37.7. The van der Waals surface area contributed by atoms with Gasteiger partial charge in [-0.05, 0) is 62.8 Å². The minimum atomic E-state index is -0.826. The maximum absolute atomic E-state index is 4.93. The molecular formula is C32H32Cl4Zr2-. The summed E-state index contributed by atoms with van der Waals surface area (Å²) in [6.45, 7) is 8.94. The van der Waals surface area contributed by atoms with E-state index in [0.717, 1.165) is 19.3 Å². The maximum Gasteiger partial charge on any atom is 3.00 e. The van der Waals surface area contributed by atoms with E-state index in [1.165, 1.54) is 43.8 Å². The number of hydrogen-bond acceptors (Lipinski definition) is 0. The molecule has 3 aromatic carbocycles. The monoisotopic (exact) mass is 736 g/mol. The van der Waals surface area contributed by atoms with Crippen LogP contribution in [0.3, 0.4) is 0 Å². The minimum absolute atomic E-state index is 0. The van der Waals surface area contributed by atoms with Gasteiger partial charge in [-0.3, -0.25) is 6.08 Å². The Kier molecular flexibility index (Phi) is 19.5. The molecule has 0 amide bonds. The smallest absolute Gasteiger partial charge is 0.126 e. The van der Waals surface area contributed by atoms with Gasteiger partial charge in [-0.2, -0.15) is 6.08 Å². The molecule has 3 aliphatic carbocycles. The molecule has 0 heterocycles. The standard InChI is InChI=1S/C14H18.C13H9.C5H5.4ClH.2Zr/c1-9-5-7-13(11(9)3)14-8-6-10(2)12(14)4;1-3-7-12-10(5-1)9-11-6-2-4-8-13(11)12;1-2-4-5-3-1;;;;;;/h5-6H,7-8H2,1-4H3;1-9H;1-3H,4H2;4*1H;;/q;2*-1;;;;;+2;+3/p-4. The van der Waals surface area contributed by atoms with Crippen molar-refractivity contribution in [2.24, 2.45) is 0 Å². The van der Waals surface area contributed by atoms with E-state index >= 15 is 0 Å². The molecule has 6 heteroatoms. The summed E-state index contributed by atoms with van der Waals surface area (Å²) in [5.41, 5.74) is 9.08. The van der Waals surface area contributed by atoms with Gasteiger partial charge in [0.15, 0.2) is 0 Å². The molecule has 0 spiro atoms. The zero-order valence-electron chi connectivity index (χ0n) is 22.2. The molecule has 3 aromatic rings. The van der Waals surface area contributed by atoms with Crippen LogP contribution in [0.2, 0.25) is 0 Å². The van der Waals surface area contributed by atoms with Gasteiger partial charge in [0.25, 0.3) is 0 Å². The van der Waals surface area contributed by atoms with E-state index < -0.39 is 20.8 Å². The van der Waals surface area contributed by atoms with Crippen molar-refractivity contribution in [1.82, 2.24) is 0 Å². The molecule has 0 saturated heterocycles. The van der Waals surface area contributed by atoms with Crippen LogP contribution < -0.4 is 24.8 Å². The summed E-state index contributed by atoms with van der Waals surface area (Å²) in [6.07, 6.45) is 17.0. The predicted octanol–water partition coefficient (Wildman–Crippen LogP) is 4.72. The van der Waals surface area contributed by atoms with E-state index in [2.05, 4.69) is 107 Å². The summed E-state index contributed by atoms with van der Waals surface area (Å²) < 4.78 is 0. The third-order valence-corrected chi connectivity index (χ3v) is 6.79. The number of hydrogen-bond donors (Lipinski definition) is 0. The molecule has 0 N–H and O–H groups in total. The number of benzene rings is 2. The van der Waals surface area contributed by atoms with E-state index in [0.29, 0.717) is 0 Å². The fraction of sp³-hybridized carbons (Fsp3) is 0.219. The Bertz CT molecular complexity index is 1250. The van der Waals surface area contributed by atoms with Crippen molar-refractivity contribution in [2.75, 3.05) is 0 Å². The largest absolute Gasteiger partial charge is 3.00 e. The summed E-state index contributed by atoms with van der Waals surface area (Å²) in [7, 11) is 9.87. The van der Waals surface area contributed by atoms with Crippen molar-refractivity contribution in [3.05, 3.63) is 124 Å². The molecule has 3 aliphatic rings. The first-order valence-corrected chi connectivity index (χ1v) is 18.3. The Morgan fingerprint density at radius 1 is 0.737 bits per heavy atom. The summed E-state index contributed by atoms with van der Waals surface area (Å²) in [5, 5.41) is 5.39. The third-order valence-electron chi connectivity index (χ3n) is 6.79. The number of rotatable bonds is 1. The molecule has 38 heavy (non-hydrogen) atoms. The van der Waals surface area contributed by atoms with Crippen molar-refractivity contribution < 1.29 is 71.9 Å². The molecule has 1 radical (unpaired) electrons. The van der Waals surface area contributed by atoms with E-state index in [1.54, 1.807) is 11.1 Å². The molecule has 6 rings (SSSR count). The first-order valence-electron chi connectivity index (χ1n) is 11.9. The van der Waals surface area contributed by atoms with Crippen LogP contribution in [0.15, 0.2) is 118 Å². The van der Waals surface area contributed by atoms with Crippen LogP contribution in [0.4, 0.5) is 0 Å².